The quantitative estimate of drug-likeness (QED) is 0.885. The summed E-state index contributed by atoms with van der Waals surface area (Å²) in [4.78, 5) is 14.6. The third kappa shape index (κ3) is 4.14. The maximum atomic E-state index is 12.4. The van der Waals surface area contributed by atoms with Crippen LogP contribution in [0.1, 0.15) is 30.0 Å². The second-order valence-corrected chi connectivity index (χ2v) is 6.48. The number of nitrogens with one attached hydrogen (secondary N) is 2. The van der Waals surface area contributed by atoms with E-state index in [0.29, 0.717) is 11.6 Å². The molecule has 0 unspecified atom stereocenters. The molecule has 1 fully saturated rings. The Hall–Kier alpha value is -2.34. The number of H-pyrrole nitrogens is 1. The summed E-state index contributed by atoms with van der Waals surface area (Å²) in [6.45, 7) is 7.49. The van der Waals surface area contributed by atoms with Crippen molar-refractivity contribution >= 4 is 17.3 Å². The van der Waals surface area contributed by atoms with E-state index in [1.54, 1.807) is 0 Å². The first-order chi connectivity index (χ1) is 11.6. The van der Waals surface area contributed by atoms with E-state index in [1.807, 2.05) is 24.3 Å². The number of anilines is 2. The van der Waals surface area contributed by atoms with Gasteiger partial charge in [0.05, 0.1) is 13.2 Å². The topological polar surface area (TPSA) is 70.2 Å². The number of aromatic nitrogens is 2. The number of ether oxygens (including phenoxy) is 1. The Morgan fingerprint density at radius 1 is 1.33 bits per heavy atom. The second kappa shape index (κ2) is 7.49. The van der Waals surface area contributed by atoms with Crippen molar-refractivity contribution in [2.45, 2.75) is 20.3 Å². The fraction of sp³-hybridized carbons (Fsp3) is 0.444. The van der Waals surface area contributed by atoms with Crippen molar-refractivity contribution in [1.82, 2.24) is 10.2 Å². The summed E-state index contributed by atoms with van der Waals surface area (Å²) in [6.07, 6.45) is 0.882. The molecule has 1 amide bonds. The van der Waals surface area contributed by atoms with E-state index in [0.717, 1.165) is 49.8 Å². The van der Waals surface area contributed by atoms with Crippen LogP contribution in [0.25, 0.3) is 0 Å². The molecule has 1 saturated heterocycles. The molecule has 6 nitrogen and oxygen atoms in total. The molecule has 1 aliphatic rings. The summed E-state index contributed by atoms with van der Waals surface area (Å²) in [6, 6.07) is 9.71. The van der Waals surface area contributed by atoms with E-state index in [1.165, 1.54) is 0 Å². The molecular formula is C18H24N4O2. The van der Waals surface area contributed by atoms with Crippen molar-refractivity contribution < 1.29 is 9.53 Å². The fourth-order valence-corrected chi connectivity index (χ4v) is 2.82. The first kappa shape index (κ1) is 16.5. The molecule has 0 atom stereocenters. The van der Waals surface area contributed by atoms with Gasteiger partial charge in [-0.15, -0.1) is 0 Å². The molecule has 0 spiro atoms. The largest absolute Gasteiger partial charge is 0.378 e. The molecule has 1 aliphatic heterocycles. The van der Waals surface area contributed by atoms with Gasteiger partial charge < -0.3 is 15.0 Å². The van der Waals surface area contributed by atoms with Crippen molar-refractivity contribution in [1.29, 1.82) is 0 Å². The predicted octanol–water partition coefficient (Wildman–Crippen LogP) is 2.70. The number of hydrogen-bond acceptors (Lipinski definition) is 4. The Morgan fingerprint density at radius 3 is 2.88 bits per heavy atom. The Kier molecular flexibility index (Phi) is 5.15. The summed E-state index contributed by atoms with van der Waals surface area (Å²) in [7, 11) is 0. The van der Waals surface area contributed by atoms with Crippen molar-refractivity contribution in [2.75, 3.05) is 36.5 Å². The fourth-order valence-electron chi connectivity index (χ4n) is 2.82. The molecule has 2 heterocycles. The minimum atomic E-state index is -0.194. The second-order valence-electron chi connectivity index (χ2n) is 6.48. The van der Waals surface area contributed by atoms with E-state index in [-0.39, 0.29) is 5.91 Å². The zero-order valence-corrected chi connectivity index (χ0v) is 14.2. The molecule has 2 N–H and O–H groups in total. The average Bonchev–Trinajstić information content (AvgIpc) is 3.04. The Morgan fingerprint density at radius 2 is 2.12 bits per heavy atom. The standard InChI is InChI=1S/C18H24N4O2/c1-13(2)10-15-12-17(21-20-15)18(23)19-14-4-3-5-16(11-14)22-6-8-24-9-7-22/h3-5,11-13H,6-10H2,1-2H3,(H,19,23)(H,20,21). The number of nitrogens with zero attached hydrogens (tertiary/aromatic N) is 2. The van der Waals surface area contributed by atoms with Gasteiger partial charge in [0, 0.05) is 30.2 Å². The van der Waals surface area contributed by atoms with Crippen LogP contribution in [0.3, 0.4) is 0 Å². The maximum Gasteiger partial charge on any atom is 0.276 e. The van der Waals surface area contributed by atoms with Crippen LogP contribution in [-0.2, 0) is 11.2 Å². The molecule has 128 valence electrons. The number of carbonyl (C=O) groups is 1. The molecule has 24 heavy (non-hydrogen) atoms. The lowest BCUT2D eigenvalue weighted by molar-refractivity contribution is 0.102. The van der Waals surface area contributed by atoms with Crippen LogP contribution in [0.4, 0.5) is 11.4 Å². The molecule has 6 heteroatoms. The minimum Gasteiger partial charge on any atom is -0.378 e. The maximum absolute atomic E-state index is 12.4. The van der Waals surface area contributed by atoms with Gasteiger partial charge in [-0.3, -0.25) is 9.89 Å². The summed E-state index contributed by atoms with van der Waals surface area (Å²) in [5.41, 5.74) is 3.27. The highest BCUT2D eigenvalue weighted by Crippen LogP contribution is 2.21. The number of amides is 1. The van der Waals surface area contributed by atoms with E-state index in [9.17, 15) is 4.79 Å². The van der Waals surface area contributed by atoms with Gasteiger partial charge >= 0.3 is 0 Å². The summed E-state index contributed by atoms with van der Waals surface area (Å²) >= 11 is 0. The highest BCUT2D eigenvalue weighted by molar-refractivity contribution is 6.03. The lowest BCUT2D eigenvalue weighted by Gasteiger charge is -2.29. The van der Waals surface area contributed by atoms with Gasteiger partial charge in [-0.25, -0.2) is 0 Å². The molecule has 1 aromatic carbocycles. The van der Waals surface area contributed by atoms with Gasteiger partial charge in [0.1, 0.15) is 0 Å². The zero-order chi connectivity index (χ0) is 16.9. The summed E-state index contributed by atoms with van der Waals surface area (Å²) in [5.74, 6) is 0.326. The van der Waals surface area contributed by atoms with Gasteiger partial charge in [-0.2, -0.15) is 5.10 Å². The van der Waals surface area contributed by atoms with Gasteiger partial charge in [-0.1, -0.05) is 19.9 Å². The van der Waals surface area contributed by atoms with Crippen molar-refractivity contribution in [3.05, 3.63) is 41.7 Å². The Labute approximate surface area is 142 Å². The van der Waals surface area contributed by atoms with Gasteiger partial charge in [0.2, 0.25) is 0 Å². The van der Waals surface area contributed by atoms with Gasteiger partial charge in [0.15, 0.2) is 5.69 Å². The smallest absolute Gasteiger partial charge is 0.276 e. The summed E-state index contributed by atoms with van der Waals surface area (Å²) < 4.78 is 5.38. The number of carbonyl (C=O) groups excluding carboxylic acids is 1. The van der Waals surface area contributed by atoms with Crippen molar-refractivity contribution in [3.63, 3.8) is 0 Å². The normalized spacial score (nSPS) is 14.9. The highest BCUT2D eigenvalue weighted by atomic mass is 16.5. The van der Waals surface area contributed by atoms with Crippen LogP contribution in [0.5, 0.6) is 0 Å². The van der Waals surface area contributed by atoms with Crippen LogP contribution >= 0.6 is 0 Å². The van der Waals surface area contributed by atoms with Crippen LogP contribution in [0.15, 0.2) is 30.3 Å². The molecule has 0 aliphatic carbocycles. The number of benzene rings is 1. The van der Waals surface area contributed by atoms with Crippen molar-refractivity contribution in [3.8, 4) is 0 Å². The minimum absolute atomic E-state index is 0.194. The highest BCUT2D eigenvalue weighted by Gasteiger charge is 2.14. The van der Waals surface area contributed by atoms with Crippen LogP contribution < -0.4 is 10.2 Å². The van der Waals surface area contributed by atoms with E-state index < -0.39 is 0 Å². The van der Waals surface area contributed by atoms with E-state index in [4.69, 9.17) is 4.74 Å². The zero-order valence-electron chi connectivity index (χ0n) is 14.2. The average molecular weight is 328 g/mol. The number of aromatic amines is 1. The molecule has 2 aromatic rings. The van der Waals surface area contributed by atoms with Gasteiger partial charge in [0.25, 0.3) is 5.91 Å². The van der Waals surface area contributed by atoms with Crippen LogP contribution in [0, 0.1) is 5.92 Å². The molecule has 0 radical (unpaired) electrons. The molecule has 0 saturated carbocycles. The van der Waals surface area contributed by atoms with E-state index in [2.05, 4.69) is 40.3 Å². The number of hydrogen-bond donors (Lipinski definition) is 2. The van der Waals surface area contributed by atoms with Crippen molar-refractivity contribution in [2.24, 2.45) is 5.92 Å². The number of morpholine rings is 1. The Bertz CT molecular complexity index is 690. The molecule has 0 bridgehead atoms. The lowest BCUT2D eigenvalue weighted by Crippen LogP contribution is -2.36. The SMILES string of the molecule is CC(C)Cc1cc(C(=O)Nc2cccc(N3CCOCC3)c2)n[nH]1. The number of rotatable bonds is 5. The van der Waals surface area contributed by atoms with E-state index >= 15 is 0 Å². The Balaban J connectivity index is 1.66. The third-order valence-corrected chi connectivity index (χ3v) is 3.97. The first-order valence-electron chi connectivity index (χ1n) is 8.40. The first-order valence-corrected chi connectivity index (χ1v) is 8.40. The molecule has 1 aromatic heterocycles. The monoisotopic (exact) mass is 328 g/mol. The van der Waals surface area contributed by atoms with Crippen LogP contribution in [0.2, 0.25) is 0 Å². The van der Waals surface area contributed by atoms with Crippen LogP contribution in [-0.4, -0.2) is 42.4 Å². The molecule has 3 rings (SSSR count). The molecular weight excluding hydrogens is 304 g/mol. The summed E-state index contributed by atoms with van der Waals surface area (Å²) in [5, 5.41) is 9.97. The lowest BCUT2D eigenvalue weighted by atomic mass is 10.1. The van der Waals surface area contributed by atoms with Gasteiger partial charge in [-0.05, 0) is 36.6 Å². The third-order valence-electron chi connectivity index (χ3n) is 3.97. The predicted molar refractivity (Wildman–Crippen MR) is 94.6 cm³/mol.